The minimum atomic E-state index is -0.118. The van der Waals surface area contributed by atoms with Crippen molar-refractivity contribution >= 4 is 11.6 Å². The van der Waals surface area contributed by atoms with Gasteiger partial charge in [0.25, 0.3) is 0 Å². The molecule has 16 heavy (non-hydrogen) atoms. The molecule has 1 amide bonds. The molecule has 0 saturated carbocycles. The third-order valence-electron chi connectivity index (χ3n) is 2.08. The van der Waals surface area contributed by atoms with Crippen molar-refractivity contribution in [1.29, 1.82) is 0 Å². The number of hydrogen-bond acceptors (Lipinski definition) is 3. The van der Waals surface area contributed by atoms with Crippen molar-refractivity contribution < 1.29 is 9.90 Å². The van der Waals surface area contributed by atoms with E-state index in [0.29, 0.717) is 5.69 Å². The first-order valence-corrected chi connectivity index (χ1v) is 4.80. The van der Waals surface area contributed by atoms with Gasteiger partial charge in [-0.1, -0.05) is 12.1 Å². The fourth-order valence-corrected chi connectivity index (χ4v) is 1.32. The van der Waals surface area contributed by atoms with Gasteiger partial charge in [-0.3, -0.25) is 9.89 Å². The minimum Gasteiger partial charge on any atom is -0.508 e. The molecule has 2 aromatic rings. The standard InChI is InChI=1S/C11H11N3O2/c15-10-3-1-8(2-4-10)5-11(16)14-9-6-12-13-7-9/h1-4,6-7,15H,5H2,(H,12,13)(H,14,16). The average molecular weight is 217 g/mol. The zero-order valence-electron chi connectivity index (χ0n) is 8.47. The van der Waals surface area contributed by atoms with Gasteiger partial charge in [-0.05, 0) is 17.7 Å². The monoisotopic (exact) mass is 217 g/mol. The molecular formula is C11H11N3O2. The smallest absolute Gasteiger partial charge is 0.228 e. The molecule has 3 N–H and O–H groups in total. The number of nitrogens with one attached hydrogen (secondary N) is 2. The zero-order valence-corrected chi connectivity index (χ0v) is 8.47. The van der Waals surface area contributed by atoms with Crippen LogP contribution in [0.15, 0.2) is 36.7 Å². The van der Waals surface area contributed by atoms with Crippen LogP contribution in [0.2, 0.25) is 0 Å². The largest absolute Gasteiger partial charge is 0.508 e. The molecule has 0 unspecified atom stereocenters. The molecule has 0 bridgehead atoms. The Labute approximate surface area is 92.1 Å². The average Bonchev–Trinajstić information content (AvgIpc) is 2.74. The van der Waals surface area contributed by atoms with Crippen molar-refractivity contribution in [1.82, 2.24) is 10.2 Å². The van der Waals surface area contributed by atoms with E-state index < -0.39 is 0 Å². The van der Waals surface area contributed by atoms with E-state index in [-0.39, 0.29) is 18.1 Å². The van der Waals surface area contributed by atoms with E-state index in [0.717, 1.165) is 5.56 Å². The predicted octanol–water partition coefficient (Wildman–Crippen LogP) is 1.30. The molecule has 0 atom stereocenters. The van der Waals surface area contributed by atoms with Gasteiger partial charge in [-0.25, -0.2) is 0 Å². The second kappa shape index (κ2) is 4.48. The zero-order chi connectivity index (χ0) is 11.4. The molecular weight excluding hydrogens is 206 g/mol. The Balaban J connectivity index is 1.95. The summed E-state index contributed by atoms with van der Waals surface area (Å²) in [5.74, 6) is 0.0751. The number of anilines is 1. The van der Waals surface area contributed by atoms with Crippen LogP contribution >= 0.6 is 0 Å². The SMILES string of the molecule is O=C(Cc1ccc(O)cc1)Nc1cn[nH]c1. The Kier molecular flexibility index (Phi) is 2.86. The molecule has 5 nitrogen and oxygen atoms in total. The first-order valence-electron chi connectivity index (χ1n) is 4.80. The van der Waals surface area contributed by atoms with Crippen LogP contribution in [0.25, 0.3) is 0 Å². The van der Waals surface area contributed by atoms with Crippen LogP contribution in [-0.4, -0.2) is 21.2 Å². The number of phenols is 1. The fourth-order valence-electron chi connectivity index (χ4n) is 1.32. The number of rotatable bonds is 3. The number of aromatic amines is 1. The van der Waals surface area contributed by atoms with E-state index in [1.165, 1.54) is 6.20 Å². The number of aromatic nitrogens is 2. The molecule has 82 valence electrons. The molecule has 0 saturated heterocycles. The van der Waals surface area contributed by atoms with Crippen LogP contribution in [0.5, 0.6) is 5.75 Å². The van der Waals surface area contributed by atoms with E-state index in [4.69, 9.17) is 5.11 Å². The lowest BCUT2D eigenvalue weighted by Crippen LogP contribution is -2.13. The molecule has 0 aliphatic rings. The molecule has 0 fully saturated rings. The summed E-state index contributed by atoms with van der Waals surface area (Å²) in [7, 11) is 0. The highest BCUT2D eigenvalue weighted by Crippen LogP contribution is 2.10. The topological polar surface area (TPSA) is 78.0 Å². The van der Waals surface area contributed by atoms with Gasteiger partial charge < -0.3 is 10.4 Å². The lowest BCUT2D eigenvalue weighted by molar-refractivity contribution is -0.115. The second-order valence-corrected chi connectivity index (χ2v) is 3.38. The van der Waals surface area contributed by atoms with Crippen LogP contribution in [-0.2, 0) is 11.2 Å². The van der Waals surface area contributed by atoms with Crippen molar-refractivity contribution in [2.45, 2.75) is 6.42 Å². The number of nitrogens with zero attached hydrogens (tertiary/aromatic N) is 1. The van der Waals surface area contributed by atoms with Gasteiger partial charge in [0.2, 0.25) is 5.91 Å². The number of H-pyrrole nitrogens is 1. The summed E-state index contributed by atoms with van der Waals surface area (Å²) >= 11 is 0. The van der Waals surface area contributed by atoms with Gasteiger partial charge >= 0.3 is 0 Å². The van der Waals surface area contributed by atoms with E-state index in [9.17, 15) is 4.79 Å². The van der Waals surface area contributed by atoms with Crippen molar-refractivity contribution in [3.63, 3.8) is 0 Å². The van der Waals surface area contributed by atoms with Crippen molar-refractivity contribution in [3.05, 3.63) is 42.2 Å². The van der Waals surface area contributed by atoms with Gasteiger partial charge in [0, 0.05) is 6.20 Å². The van der Waals surface area contributed by atoms with Crippen LogP contribution < -0.4 is 5.32 Å². The Hall–Kier alpha value is -2.30. The highest BCUT2D eigenvalue weighted by Gasteiger charge is 2.04. The molecule has 1 aromatic heterocycles. The number of carbonyl (C=O) groups excluding carboxylic acids is 1. The summed E-state index contributed by atoms with van der Waals surface area (Å²) in [4.78, 5) is 11.5. The highest BCUT2D eigenvalue weighted by molar-refractivity contribution is 5.91. The Morgan fingerprint density at radius 2 is 2.12 bits per heavy atom. The third kappa shape index (κ3) is 2.60. The first kappa shape index (κ1) is 10.2. The van der Waals surface area contributed by atoms with E-state index in [1.54, 1.807) is 30.5 Å². The molecule has 0 aliphatic carbocycles. The summed E-state index contributed by atoms with van der Waals surface area (Å²) in [6, 6.07) is 6.54. The third-order valence-corrected chi connectivity index (χ3v) is 2.08. The lowest BCUT2D eigenvalue weighted by atomic mass is 10.1. The maximum Gasteiger partial charge on any atom is 0.228 e. The maximum absolute atomic E-state index is 11.5. The maximum atomic E-state index is 11.5. The first-order chi connectivity index (χ1) is 7.74. The van der Waals surface area contributed by atoms with E-state index in [1.807, 2.05) is 0 Å². The Morgan fingerprint density at radius 3 is 2.75 bits per heavy atom. The van der Waals surface area contributed by atoms with E-state index in [2.05, 4.69) is 15.5 Å². The van der Waals surface area contributed by atoms with Gasteiger partial charge in [0.05, 0.1) is 18.3 Å². The van der Waals surface area contributed by atoms with Crippen LogP contribution in [0.3, 0.4) is 0 Å². The van der Waals surface area contributed by atoms with Crippen molar-refractivity contribution in [3.8, 4) is 5.75 Å². The van der Waals surface area contributed by atoms with Gasteiger partial charge in [0.1, 0.15) is 5.75 Å². The molecule has 1 heterocycles. The lowest BCUT2D eigenvalue weighted by Gasteiger charge is -2.02. The van der Waals surface area contributed by atoms with Crippen LogP contribution in [0, 0.1) is 0 Å². The van der Waals surface area contributed by atoms with Gasteiger partial charge in [0.15, 0.2) is 0 Å². The summed E-state index contributed by atoms with van der Waals surface area (Å²) in [5, 5.41) is 18.1. The summed E-state index contributed by atoms with van der Waals surface area (Å²) in [5.41, 5.74) is 1.49. The Bertz CT molecular complexity index is 462. The normalized spacial score (nSPS) is 10.0. The number of amides is 1. The molecule has 0 radical (unpaired) electrons. The van der Waals surface area contributed by atoms with E-state index >= 15 is 0 Å². The summed E-state index contributed by atoms with van der Waals surface area (Å²) in [6.45, 7) is 0. The minimum absolute atomic E-state index is 0.118. The molecule has 1 aromatic carbocycles. The number of phenolic OH excluding ortho intramolecular Hbond substituents is 1. The van der Waals surface area contributed by atoms with Crippen LogP contribution in [0.1, 0.15) is 5.56 Å². The number of hydrogen-bond donors (Lipinski definition) is 3. The highest BCUT2D eigenvalue weighted by atomic mass is 16.3. The quantitative estimate of drug-likeness (QED) is 0.725. The number of aromatic hydroxyl groups is 1. The van der Waals surface area contributed by atoms with Crippen LogP contribution in [0.4, 0.5) is 5.69 Å². The number of benzene rings is 1. The van der Waals surface area contributed by atoms with Crippen molar-refractivity contribution in [2.24, 2.45) is 0 Å². The summed E-state index contributed by atoms with van der Waals surface area (Å²) in [6.07, 6.45) is 3.41. The number of carbonyl (C=O) groups is 1. The Morgan fingerprint density at radius 1 is 1.38 bits per heavy atom. The van der Waals surface area contributed by atoms with Gasteiger partial charge in [-0.2, -0.15) is 5.10 Å². The predicted molar refractivity (Wildman–Crippen MR) is 59.0 cm³/mol. The molecule has 0 aliphatic heterocycles. The molecule has 5 heteroatoms. The molecule has 2 rings (SSSR count). The second-order valence-electron chi connectivity index (χ2n) is 3.38. The van der Waals surface area contributed by atoms with Gasteiger partial charge in [-0.15, -0.1) is 0 Å². The molecule has 0 spiro atoms. The fraction of sp³-hybridized carbons (Fsp3) is 0.0909. The summed E-state index contributed by atoms with van der Waals surface area (Å²) < 4.78 is 0. The van der Waals surface area contributed by atoms with Crippen molar-refractivity contribution in [2.75, 3.05) is 5.32 Å².